The molecule has 6 heteroatoms. The SMILES string of the molecule is Cl.NC(c1ccc(C(F)(F)F)c(F)c1)C1CC1. The topological polar surface area (TPSA) is 26.0 Å². The van der Waals surface area contributed by atoms with Crippen molar-refractivity contribution in [2.45, 2.75) is 25.1 Å². The Balaban J connectivity index is 0.00000144. The Hall–Kier alpha value is -0.810. The van der Waals surface area contributed by atoms with Crippen LogP contribution in [0.2, 0.25) is 0 Å². The maximum absolute atomic E-state index is 13.2. The second kappa shape index (κ2) is 4.82. The van der Waals surface area contributed by atoms with E-state index in [4.69, 9.17) is 5.73 Å². The van der Waals surface area contributed by atoms with Gasteiger partial charge >= 0.3 is 6.18 Å². The van der Waals surface area contributed by atoms with Gasteiger partial charge in [0.15, 0.2) is 0 Å². The minimum Gasteiger partial charge on any atom is -0.324 e. The molecule has 1 fully saturated rings. The van der Waals surface area contributed by atoms with Crippen LogP contribution < -0.4 is 5.73 Å². The molecule has 1 atom stereocenters. The van der Waals surface area contributed by atoms with Crippen molar-refractivity contribution >= 4 is 12.4 Å². The van der Waals surface area contributed by atoms with Gasteiger partial charge in [0.05, 0.1) is 5.56 Å². The molecule has 17 heavy (non-hydrogen) atoms. The molecule has 1 aliphatic carbocycles. The summed E-state index contributed by atoms with van der Waals surface area (Å²) in [6, 6.07) is 2.56. The number of rotatable bonds is 2. The fourth-order valence-electron chi connectivity index (χ4n) is 1.70. The van der Waals surface area contributed by atoms with Crippen molar-refractivity contribution in [3.8, 4) is 0 Å². The molecular weight excluding hydrogens is 258 g/mol. The molecule has 0 heterocycles. The van der Waals surface area contributed by atoms with Gasteiger partial charge in [0.25, 0.3) is 0 Å². The summed E-state index contributed by atoms with van der Waals surface area (Å²) in [5, 5.41) is 0. The smallest absolute Gasteiger partial charge is 0.324 e. The van der Waals surface area contributed by atoms with Crippen LogP contribution in [0.5, 0.6) is 0 Å². The van der Waals surface area contributed by atoms with Gasteiger partial charge in [0, 0.05) is 6.04 Å². The Kier molecular flexibility index (Phi) is 4.04. The largest absolute Gasteiger partial charge is 0.419 e. The van der Waals surface area contributed by atoms with Crippen LogP contribution in [0, 0.1) is 11.7 Å². The van der Waals surface area contributed by atoms with Crippen molar-refractivity contribution in [1.29, 1.82) is 0 Å². The Morgan fingerprint density at radius 1 is 1.24 bits per heavy atom. The molecular formula is C11H12ClF4N. The van der Waals surface area contributed by atoms with Crippen molar-refractivity contribution in [1.82, 2.24) is 0 Å². The van der Waals surface area contributed by atoms with E-state index in [2.05, 4.69) is 0 Å². The Morgan fingerprint density at radius 2 is 1.82 bits per heavy atom. The second-order valence-corrected chi connectivity index (χ2v) is 4.10. The third-order valence-corrected chi connectivity index (χ3v) is 2.81. The fourth-order valence-corrected chi connectivity index (χ4v) is 1.70. The molecule has 0 amide bonds. The van der Waals surface area contributed by atoms with E-state index in [1.807, 2.05) is 0 Å². The molecule has 0 bridgehead atoms. The van der Waals surface area contributed by atoms with E-state index >= 15 is 0 Å². The lowest BCUT2D eigenvalue weighted by atomic mass is 10.0. The average molecular weight is 270 g/mol. The third kappa shape index (κ3) is 3.10. The zero-order chi connectivity index (χ0) is 11.9. The highest BCUT2D eigenvalue weighted by Crippen LogP contribution is 2.40. The van der Waals surface area contributed by atoms with Crippen LogP contribution >= 0.6 is 12.4 Å². The lowest BCUT2D eigenvalue weighted by Gasteiger charge is -2.13. The first-order valence-electron chi connectivity index (χ1n) is 5.02. The van der Waals surface area contributed by atoms with E-state index in [0.717, 1.165) is 25.0 Å². The van der Waals surface area contributed by atoms with Crippen molar-refractivity contribution in [3.63, 3.8) is 0 Å². The van der Waals surface area contributed by atoms with Gasteiger partial charge in [-0.25, -0.2) is 4.39 Å². The molecule has 0 radical (unpaired) electrons. The summed E-state index contributed by atoms with van der Waals surface area (Å²) in [5.74, 6) is -0.961. The van der Waals surface area contributed by atoms with Gasteiger partial charge in [0.1, 0.15) is 5.82 Å². The Morgan fingerprint density at radius 3 is 2.24 bits per heavy atom. The normalized spacial score (nSPS) is 17.5. The van der Waals surface area contributed by atoms with Gasteiger partial charge in [-0.2, -0.15) is 13.2 Å². The fraction of sp³-hybridized carbons (Fsp3) is 0.455. The van der Waals surface area contributed by atoms with E-state index < -0.39 is 17.6 Å². The van der Waals surface area contributed by atoms with Gasteiger partial charge < -0.3 is 5.73 Å². The lowest BCUT2D eigenvalue weighted by molar-refractivity contribution is -0.140. The third-order valence-electron chi connectivity index (χ3n) is 2.81. The Bertz CT molecular complexity index is 401. The van der Waals surface area contributed by atoms with Crippen molar-refractivity contribution in [3.05, 3.63) is 35.1 Å². The van der Waals surface area contributed by atoms with E-state index in [-0.39, 0.29) is 24.4 Å². The highest BCUT2D eigenvalue weighted by molar-refractivity contribution is 5.85. The molecule has 1 aromatic rings. The zero-order valence-electron chi connectivity index (χ0n) is 8.80. The molecule has 96 valence electrons. The maximum Gasteiger partial charge on any atom is 0.419 e. The molecule has 1 aromatic carbocycles. The van der Waals surface area contributed by atoms with Gasteiger partial charge in [-0.1, -0.05) is 6.07 Å². The van der Waals surface area contributed by atoms with Crippen molar-refractivity contribution in [2.24, 2.45) is 11.7 Å². The highest BCUT2D eigenvalue weighted by Gasteiger charge is 2.35. The first kappa shape index (κ1) is 14.3. The number of nitrogens with two attached hydrogens (primary N) is 1. The summed E-state index contributed by atoms with van der Waals surface area (Å²) in [5.41, 5.74) is 4.98. The zero-order valence-corrected chi connectivity index (χ0v) is 9.61. The summed E-state index contributed by atoms with van der Waals surface area (Å²) in [4.78, 5) is 0. The summed E-state index contributed by atoms with van der Waals surface area (Å²) in [6.07, 6.45) is -2.72. The molecule has 0 saturated heterocycles. The molecule has 0 spiro atoms. The van der Waals surface area contributed by atoms with E-state index in [1.165, 1.54) is 6.07 Å². The predicted octanol–water partition coefficient (Wildman–Crippen LogP) is 3.68. The first-order valence-corrected chi connectivity index (χ1v) is 5.02. The standard InChI is InChI=1S/C11H11F4N.ClH/c12-9-5-7(10(16)6-1-2-6)3-4-8(9)11(13,14)15;/h3-6,10H,1-2,16H2;1H. The monoisotopic (exact) mass is 269 g/mol. The van der Waals surface area contributed by atoms with Gasteiger partial charge in [-0.3, -0.25) is 0 Å². The van der Waals surface area contributed by atoms with E-state index in [9.17, 15) is 17.6 Å². The van der Waals surface area contributed by atoms with Crippen molar-refractivity contribution < 1.29 is 17.6 Å². The minimum absolute atomic E-state index is 0. The predicted molar refractivity (Wildman–Crippen MR) is 58.3 cm³/mol. The number of halogens is 5. The second-order valence-electron chi connectivity index (χ2n) is 4.10. The summed E-state index contributed by atoms with van der Waals surface area (Å²) < 4.78 is 50.1. The molecule has 1 nitrogen and oxygen atoms in total. The number of benzene rings is 1. The molecule has 0 aromatic heterocycles. The quantitative estimate of drug-likeness (QED) is 0.815. The maximum atomic E-state index is 13.2. The van der Waals surface area contributed by atoms with Gasteiger partial charge in [-0.15, -0.1) is 12.4 Å². The average Bonchev–Trinajstić information content (AvgIpc) is 2.97. The van der Waals surface area contributed by atoms with Crippen LogP contribution in [0.25, 0.3) is 0 Å². The summed E-state index contributed by atoms with van der Waals surface area (Å²) in [6.45, 7) is 0. The van der Waals surface area contributed by atoms with E-state index in [0.29, 0.717) is 5.56 Å². The highest BCUT2D eigenvalue weighted by atomic mass is 35.5. The molecule has 1 saturated carbocycles. The van der Waals surface area contributed by atoms with E-state index in [1.54, 1.807) is 0 Å². The lowest BCUT2D eigenvalue weighted by Crippen LogP contribution is -2.14. The van der Waals surface area contributed by atoms with Crippen LogP contribution in [-0.4, -0.2) is 0 Å². The molecule has 2 N–H and O–H groups in total. The molecule has 0 aliphatic heterocycles. The Labute approximate surface area is 102 Å². The number of alkyl halides is 3. The van der Waals surface area contributed by atoms with Crippen LogP contribution in [0.3, 0.4) is 0 Å². The molecule has 1 aliphatic rings. The first-order chi connectivity index (χ1) is 7.39. The number of hydrogen-bond donors (Lipinski definition) is 1. The summed E-state index contributed by atoms with van der Waals surface area (Å²) in [7, 11) is 0. The van der Waals surface area contributed by atoms with Crippen LogP contribution in [0.15, 0.2) is 18.2 Å². The van der Waals surface area contributed by atoms with Gasteiger partial charge in [0.2, 0.25) is 0 Å². The summed E-state index contributed by atoms with van der Waals surface area (Å²) >= 11 is 0. The molecule has 1 unspecified atom stereocenters. The number of hydrogen-bond acceptors (Lipinski definition) is 1. The molecule has 2 rings (SSSR count). The van der Waals surface area contributed by atoms with Gasteiger partial charge in [-0.05, 0) is 36.5 Å². The van der Waals surface area contributed by atoms with Crippen LogP contribution in [-0.2, 0) is 6.18 Å². The van der Waals surface area contributed by atoms with Crippen LogP contribution in [0.4, 0.5) is 17.6 Å². The minimum atomic E-state index is -4.65. The van der Waals surface area contributed by atoms with Crippen molar-refractivity contribution in [2.75, 3.05) is 0 Å². The van der Waals surface area contributed by atoms with Crippen LogP contribution in [0.1, 0.15) is 30.0 Å².